The van der Waals surface area contributed by atoms with Gasteiger partial charge in [0.15, 0.2) is 5.82 Å². The Morgan fingerprint density at radius 3 is 2.53 bits per heavy atom. The molecule has 0 amide bonds. The molecule has 2 aliphatic heterocycles. The molecule has 1 fully saturated rings. The maximum atomic E-state index is 16.8. The van der Waals surface area contributed by atoms with Crippen molar-refractivity contribution in [2.75, 3.05) is 37.3 Å². The quantitative estimate of drug-likeness (QED) is 0.214. The third kappa shape index (κ3) is 8.00. The van der Waals surface area contributed by atoms with Gasteiger partial charge in [-0.3, -0.25) is 0 Å². The van der Waals surface area contributed by atoms with Gasteiger partial charge in [-0.15, -0.1) is 11.3 Å². The monoisotopic (exact) mass is 692 g/mol. The number of thiophene rings is 1. The van der Waals surface area contributed by atoms with Crippen LogP contribution in [-0.4, -0.2) is 47.6 Å². The fraction of sp³-hybridized carbons (Fsp3) is 0.564. The van der Waals surface area contributed by atoms with Gasteiger partial charge in [-0.25, -0.2) is 18.7 Å². The Morgan fingerprint density at radius 2 is 1.94 bits per heavy atom. The molecule has 266 valence electrons. The van der Waals surface area contributed by atoms with Crippen LogP contribution in [0, 0.1) is 29.0 Å². The molecule has 3 atom stereocenters. The van der Waals surface area contributed by atoms with Crippen molar-refractivity contribution in [1.82, 2.24) is 14.9 Å². The summed E-state index contributed by atoms with van der Waals surface area (Å²) in [5, 5.41) is 10.8. The fourth-order valence-corrected chi connectivity index (χ4v) is 8.09. The molecule has 2 aliphatic rings. The minimum atomic E-state index is -0.518. The van der Waals surface area contributed by atoms with Gasteiger partial charge in [0.05, 0.1) is 23.7 Å². The van der Waals surface area contributed by atoms with Gasteiger partial charge in [0.2, 0.25) is 5.95 Å². The van der Waals surface area contributed by atoms with Crippen LogP contribution in [0.25, 0.3) is 22.3 Å². The van der Waals surface area contributed by atoms with Gasteiger partial charge < -0.3 is 20.3 Å². The number of anilines is 2. The number of nitrogens with zero attached hydrogens (tertiary/aromatic N) is 5. The molecule has 0 aliphatic carbocycles. The van der Waals surface area contributed by atoms with Gasteiger partial charge in [-0.1, -0.05) is 52.7 Å². The van der Waals surface area contributed by atoms with E-state index in [1.165, 1.54) is 38.4 Å². The van der Waals surface area contributed by atoms with Crippen LogP contribution in [0.5, 0.6) is 0 Å². The maximum Gasteiger partial charge on any atom is 0.226 e. The molecule has 2 aromatic heterocycles. The van der Waals surface area contributed by atoms with Gasteiger partial charge in [0, 0.05) is 41.8 Å². The highest BCUT2D eigenvalue weighted by Gasteiger charge is 2.34. The van der Waals surface area contributed by atoms with E-state index in [0.717, 1.165) is 41.4 Å². The van der Waals surface area contributed by atoms with E-state index in [0.29, 0.717) is 52.5 Å². The number of hydrogen-bond donors (Lipinski definition) is 1. The largest absolute Gasteiger partial charge is 0.389 e. The van der Waals surface area contributed by atoms with E-state index in [2.05, 4.69) is 62.5 Å². The second-order valence-electron chi connectivity index (χ2n) is 13.7. The molecule has 0 bridgehead atoms. The summed E-state index contributed by atoms with van der Waals surface area (Å²) in [5.74, 6) is 0.829. The molecular formula is C39H54F2N6OS. The second-order valence-corrected chi connectivity index (χ2v) is 14.8. The molecule has 10 heteroatoms. The first kappa shape index (κ1) is 38.4. The Bertz CT molecular complexity index is 1730. The van der Waals surface area contributed by atoms with Crippen molar-refractivity contribution < 1.29 is 13.5 Å². The average molecular weight is 693 g/mol. The first-order valence-corrected chi connectivity index (χ1v) is 18.6. The van der Waals surface area contributed by atoms with E-state index >= 15 is 8.78 Å². The number of hydrogen-bond acceptors (Lipinski definition) is 8. The van der Waals surface area contributed by atoms with Crippen LogP contribution in [0.1, 0.15) is 120 Å². The molecule has 2 N–H and O–H groups in total. The standard InChI is InChI=1S/C29H31F2N5OS.C10H23N/c1-6-14(3)22(24-17(10-32)28(33)38-27(24)21(30)7-2)23-20-13-37-12-19(20)18-11-34-29(35-26(18)25(23)31)36-9-8-15(4)16(36)5;1-5-7-10(3)9-11(4)8-6-2/h7,11,15-16H,6,8-9,12-13,33H2,1-5H3;10H,5-9H2,1-4H3/b21-7+,22-14+;. The predicted molar refractivity (Wildman–Crippen MR) is 201 cm³/mol. The molecule has 4 heterocycles. The lowest BCUT2D eigenvalue weighted by Gasteiger charge is -2.24. The SMILES string of the molecule is C/C=C(/F)c1sc(N)c(C#N)c1/C(=C(\C)CC)c1c2c(c3cnc(N4CCC(C)C4C)nc3c1F)COC2.CCCC(C)CN(C)CCC. The highest BCUT2D eigenvalue weighted by atomic mass is 32.1. The van der Waals surface area contributed by atoms with Crippen molar-refractivity contribution in [2.45, 2.75) is 107 Å². The van der Waals surface area contributed by atoms with Gasteiger partial charge in [0.1, 0.15) is 22.4 Å². The van der Waals surface area contributed by atoms with E-state index in [4.69, 9.17) is 15.5 Å². The zero-order chi connectivity index (χ0) is 36.0. The molecule has 3 aromatic rings. The maximum absolute atomic E-state index is 16.8. The summed E-state index contributed by atoms with van der Waals surface area (Å²) in [6, 6.07) is 2.38. The third-order valence-electron chi connectivity index (χ3n) is 10.1. The Morgan fingerprint density at radius 1 is 1.22 bits per heavy atom. The molecular weight excluding hydrogens is 639 g/mol. The van der Waals surface area contributed by atoms with Crippen molar-refractivity contribution in [3.05, 3.63) is 56.4 Å². The Kier molecular flexibility index (Phi) is 13.3. The number of aromatic nitrogens is 2. The topological polar surface area (TPSA) is 91.3 Å². The first-order valence-electron chi connectivity index (χ1n) is 17.8. The van der Waals surface area contributed by atoms with Crippen LogP contribution in [0.2, 0.25) is 0 Å². The van der Waals surface area contributed by atoms with Crippen LogP contribution < -0.4 is 10.6 Å². The molecule has 0 spiro atoms. The predicted octanol–water partition coefficient (Wildman–Crippen LogP) is 9.88. The fourth-order valence-electron chi connectivity index (χ4n) is 7.10. The van der Waals surface area contributed by atoms with Gasteiger partial charge in [-0.05, 0) is 88.6 Å². The van der Waals surface area contributed by atoms with Crippen molar-refractivity contribution in [3.8, 4) is 6.07 Å². The van der Waals surface area contributed by atoms with Crippen molar-refractivity contribution in [1.29, 1.82) is 5.26 Å². The van der Waals surface area contributed by atoms with Crippen LogP contribution in [0.15, 0.2) is 17.8 Å². The normalized spacial score (nSPS) is 18.8. The number of rotatable bonds is 11. The minimum Gasteiger partial charge on any atom is -0.389 e. The second kappa shape index (κ2) is 17.0. The number of halogens is 2. The number of ether oxygens (including phenoxy) is 1. The van der Waals surface area contributed by atoms with E-state index in [1.807, 2.05) is 13.8 Å². The minimum absolute atomic E-state index is 0.153. The van der Waals surface area contributed by atoms with Gasteiger partial charge in [0.25, 0.3) is 0 Å². The van der Waals surface area contributed by atoms with E-state index in [-0.39, 0.29) is 33.6 Å². The molecule has 0 saturated carbocycles. The lowest BCUT2D eigenvalue weighted by atomic mass is 9.85. The molecule has 5 rings (SSSR count). The molecule has 1 aromatic carbocycles. The summed E-state index contributed by atoms with van der Waals surface area (Å²) in [7, 11) is 2.22. The van der Waals surface area contributed by atoms with E-state index in [9.17, 15) is 5.26 Å². The molecule has 7 nitrogen and oxygen atoms in total. The lowest BCUT2D eigenvalue weighted by Crippen LogP contribution is -2.30. The Balaban J connectivity index is 0.000000424. The number of benzene rings is 1. The van der Waals surface area contributed by atoms with E-state index < -0.39 is 11.6 Å². The van der Waals surface area contributed by atoms with Crippen molar-refractivity contribution >= 4 is 44.6 Å². The van der Waals surface area contributed by atoms with Crippen molar-refractivity contribution in [3.63, 3.8) is 0 Å². The van der Waals surface area contributed by atoms with Crippen LogP contribution in [0.3, 0.4) is 0 Å². The molecule has 1 saturated heterocycles. The summed E-state index contributed by atoms with van der Waals surface area (Å²) in [4.78, 5) is 14.1. The number of allylic oxidation sites excluding steroid dienone is 2. The zero-order valence-electron chi connectivity index (χ0n) is 30.8. The highest BCUT2D eigenvalue weighted by molar-refractivity contribution is 7.17. The van der Waals surface area contributed by atoms with Crippen molar-refractivity contribution in [2.24, 2.45) is 11.8 Å². The molecule has 3 unspecified atom stereocenters. The zero-order valence-corrected chi connectivity index (χ0v) is 31.7. The lowest BCUT2D eigenvalue weighted by molar-refractivity contribution is 0.134. The number of nitriles is 1. The van der Waals surface area contributed by atoms with Gasteiger partial charge >= 0.3 is 0 Å². The van der Waals surface area contributed by atoms with Crippen LogP contribution in [0.4, 0.5) is 19.7 Å². The average Bonchev–Trinajstić information content (AvgIpc) is 3.79. The first-order chi connectivity index (χ1) is 23.4. The number of nitrogens with two attached hydrogens (primary N) is 1. The van der Waals surface area contributed by atoms with Gasteiger partial charge in [-0.2, -0.15) is 5.26 Å². The number of fused-ring (bicyclic) bond motifs is 3. The summed E-state index contributed by atoms with van der Waals surface area (Å²) in [6.45, 7) is 20.4. The smallest absolute Gasteiger partial charge is 0.226 e. The molecule has 49 heavy (non-hydrogen) atoms. The summed E-state index contributed by atoms with van der Waals surface area (Å²) >= 11 is 1.00. The number of nitrogen functional groups attached to an aromatic ring is 1. The Labute approximate surface area is 295 Å². The third-order valence-corrected chi connectivity index (χ3v) is 11.1. The Hall–Kier alpha value is -3.39. The summed E-state index contributed by atoms with van der Waals surface area (Å²) in [6.07, 6.45) is 8.57. The highest BCUT2D eigenvalue weighted by Crippen LogP contribution is 2.47. The molecule has 0 radical (unpaired) electrons. The van der Waals surface area contributed by atoms with E-state index in [1.54, 1.807) is 13.1 Å². The summed E-state index contributed by atoms with van der Waals surface area (Å²) in [5.41, 5.74) is 9.97. The van der Waals surface area contributed by atoms with Crippen LogP contribution in [-0.2, 0) is 18.0 Å². The van der Waals surface area contributed by atoms with Crippen LogP contribution >= 0.6 is 11.3 Å². The summed E-state index contributed by atoms with van der Waals surface area (Å²) < 4.78 is 37.8.